The van der Waals surface area contributed by atoms with E-state index in [1.807, 2.05) is 13.8 Å². The molecule has 0 bridgehead atoms. The standard InChI is InChI=1S/C16H20O8S/c1-15(2)23-7-16(8-24-15)5-21-9-10(22-6-16)12(14(18)20-4)25-11(9)13(17)19-3/h5-8H2,1-4H3. The Morgan fingerprint density at radius 1 is 0.880 bits per heavy atom. The first-order chi connectivity index (χ1) is 11.8. The fraction of sp³-hybridized carbons (Fsp3) is 0.625. The molecule has 0 unspecified atom stereocenters. The molecule has 8 nitrogen and oxygen atoms in total. The number of hydrogen-bond acceptors (Lipinski definition) is 9. The fourth-order valence-corrected chi connectivity index (χ4v) is 3.54. The number of thiophene rings is 1. The average Bonchev–Trinajstić information content (AvgIpc) is 2.87. The zero-order valence-electron chi connectivity index (χ0n) is 14.5. The minimum Gasteiger partial charge on any atom is -0.487 e. The highest BCUT2D eigenvalue weighted by Gasteiger charge is 2.45. The molecule has 0 aromatic carbocycles. The average molecular weight is 372 g/mol. The molecule has 2 aliphatic heterocycles. The number of fused-ring (bicyclic) bond motifs is 1. The van der Waals surface area contributed by atoms with Crippen molar-refractivity contribution in [2.75, 3.05) is 40.6 Å². The molecule has 0 aliphatic carbocycles. The Morgan fingerprint density at radius 2 is 1.32 bits per heavy atom. The summed E-state index contributed by atoms with van der Waals surface area (Å²) in [5, 5.41) is 0. The van der Waals surface area contributed by atoms with Crippen LogP contribution >= 0.6 is 11.3 Å². The first-order valence-corrected chi connectivity index (χ1v) is 8.49. The summed E-state index contributed by atoms with van der Waals surface area (Å²) < 4.78 is 32.7. The van der Waals surface area contributed by atoms with E-state index >= 15 is 0 Å². The molecule has 3 rings (SSSR count). The zero-order chi connectivity index (χ0) is 18.2. The maximum absolute atomic E-state index is 12.0. The van der Waals surface area contributed by atoms with Gasteiger partial charge in [0.25, 0.3) is 0 Å². The van der Waals surface area contributed by atoms with E-state index in [0.29, 0.717) is 13.2 Å². The number of esters is 2. The topological polar surface area (TPSA) is 89.5 Å². The molecule has 0 N–H and O–H groups in total. The van der Waals surface area contributed by atoms with E-state index < -0.39 is 23.1 Å². The molecule has 1 aromatic rings. The molecule has 0 atom stereocenters. The summed E-state index contributed by atoms with van der Waals surface area (Å²) in [6.07, 6.45) is 0. The summed E-state index contributed by atoms with van der Waals surface area (Å²) in [4.78, 5) is 24.4. The van der Waals surface area contributed by atoms with Gasteiger partial charge in [0.05, 0.1) is 32.8 Å². The molecule has 0 radical (unpaired) electrons. The summed E-state index contributed by atoms with van der Waals surface area (Å²) in [5.74, 6) is -1.49. The number of hydrogen-bond donors (Lipinski definition) is 0. The summed E-state index contributed by atoms with van der Waals surface area (Å²) in [6, 6.07) is 0. The molecule has 1 aromatic heterocycles. The second kappa shape index (κ2) is 6.47. The Labute approximate surface area is 148 Å². The van der Waals surface area contributed by atoms with Crippen molar-refractivity contribution >= 4 is 23.3 Å². The lowest BCUT2D eigenvalue weighted by molar-refractivity contribution is -0.291. The van der Waals surface area contributed by atoms with Gasteiger partial charge in [-0.3, -0.25) is 0 Å². The van der Waals surface area contributed by atoms with Crippen LogP contribution in [0.15, 0.2) is 0 Å². The minimum absolute atomic E-state index is 0.160. The molecule has 0 saturated carbocycles. The number of methoxy groups -OCH3 is 2. The Hall–Kier alpha value is -1.84. The lowest BCUT2D eigenvalue weighted by Gasteiger charge is -2.41. The Morgan fingerprint density at radius 3 is 1.72 bits per heavy atom. The second-order valence-electron chi connectivity index (χ2n) is 6.46. The molecule has 138 valence electrons. The van der Waals surface area contributed by atoms with Gasteiger partial charge in [-0.2, -0.15) is 0 Å². The van der Waals surface area contributed by atoms with Gasteiger partial charge in [0.2, 0.25) is 0 Å². The van der Waals surface area contributed by atoms with E-state index in [1.54, 1.807) is 0 Å². The minimum atomic E-state index is -0.670. The predicted molar refractivity (Wildman–Crippen MR) is 86.4 cm³/mol. The van der Waals surface area contributed by atoms with E-state index in [2.05, 4.69) is 0 Å². The second-order valence-corrected chi connectivity index (χ2v) is 7.48. The van der Waals surface area contributed by atoms with Gasteiger partial charge in [0.15, 0.2) is 27.0 Å². The molecule has 25 heavy (non-hydrogen) atoms. The van der Waals surface area contributed by atoms with Crippen LogP contribution < -0.4 is 9.47 Å². The van der Waals surface area contributed by atoms with Gasteiger partial charge in [-0.15, -0.1) is 11.3 Å². The summed E-state index contributed by atoms with van der Waals surface area (Å²) in [7, 11) is 2.52. The van der Waals surface area contributed by atoms with Gasteiger partial charge in [0.1, 0.15) is 13.2 Å². The van der Waals surface area contributed by atoms with E-state index in [-0.39, 0.29) is 34.5 Å². The molecule has 0 amide bonds. The summed E-state index contributed by atoms with van der Waals surface area (Å²) in [6.45, 7) is 4.84. The van der Waals surface area contributed by atoms with E-state index in [1.165, 1.54) is 14.2 Å². The molecule has 1 spiro atoms. The summed E-state index contributed by atoms with van der Waals surface area (Å²) >= 11 is 0.923. The van der Waals surface area contributed by atoms with Crippen LogP contribution in [0.1, 0.15) is 33.2 Å². The normalized spacial score (nSPS) is 20.6. The number of carbonyl (C=O) groups excluding carboxylic acids is 2. The van der Waals surface area contributed by atoms with Crippen molar-refractivity contribution in [2.24, 2.45) is 5.41 Å². The molecule has 1 fully saturated rings. The Bertz CT molecular complexity index is 638. The molecule has 2 aliphatic rings. The molecule has 1 saturated heterocycles. The SMILES string of the molecule is COC(=O)c1sc(C(=O)OC)c2c1OCC1(CO2)COC(C)(C)OC1. The zero-order valence-corrected chi connectivity index (χ0v) is 15.3. The largest absolute Gasteiger partial charge is 0.487 e. The number of ether oxygens (including phenoxy) is 6. The van der Waals surface area contributed by atoms with Crippen LogP contribution in [0.4, 0.5) is 0 Å². The Balaban J connectivity index is 1.91. The molecule has 3 heterocycles. The summed E-state index contributed by atoms with van der Waals surface area (Å²) in [5.41, 5.74) is -0.535. The van der Waals surface area contributed by atoms with E-state index in [0.717, 1.165) is 11.3 Å². The first-order valence-electron chi connectivity index (χ1n) is 7.68. The number of carbonyl (C=O) groups is 2. The van der Waals surface area contributed by atoms with Crippen molar-refractivity contribution in [2.45, 2.75) is 19.6 Å². The smallest absolute Gasteiger partial charge is 0.352 e. The van der Waals surface area contributed by atoms with Crippen molar-refractivity contribution in [3.05, 3.63) is 9.75 Å². The van der Waals surface area contributed by atoms with Crippen LogP contribution in [0.3, 0.4) is 0 Å². The maximum atomic E-state index is 12.0. The van der Waals surface area contributed by atoms with Crippen LogP contribution in [0.2, 0.25) is 0 Å². The third-order valence-electron chi connectivity index (χ3n) is 4.06. The number of rotatable bonds is 2. The van der Waals surface area contributed by atoms with Crippen LogP contribution in [0.25, 0.3) is 0 Å². The van der Waals surface area contributed by atoms with Gasteiger partial charge < -0.3 is 28.4 Å². The van der Waals surface area contributed by atoms with Crippen molar-refractivity contribution in [3.8, 4) is 11.5 Å². The highest BCUT2D eigenvalue weighted by atomic mass is 32.1. The highest BCUT2D eigenvalue weighted by Crippen LogP contribution is 2.46. The quantitative estimate of drug-likeness (QED) is 0.727. The van der Waals surface area contributed by atoms with Gasteiger partial charge in [0, 0.05) is 0 Å². The van der Waals surface area contributed by atoms with Gasteiger partial charge in [-0.25, -0.2) is 9.59 Å². The van der Waals surface area contributed by atoms with Gasteiger partial charge >= 0.3 is 11.9 Å². The predicted octanol–water partition coefficient (Wildman–Crippen LogP) is 1.86. The monoisotopic (exact) mass is 372 g/mol. The van der Waals surface area contributed by atoms with Crippen LogP contribution in [-0.4, -0.2) is 58.4 Å². The lowest BCUT2D eigenvalue weighted by Crippen LogP contribution is -2.51. The Kier molecular flexibility index (Phi) is 4.65. The van der Waals surface area contributed by atoms with Gasteiger partial charge in [-0.05, 0) is 13.8 Å². The van der Waals surface area contributed by atoms with Crippen LogP contribution in [0.5, 0.6) is 11.5 Å². The lowest BCUT2D eigenvalue weighted by atomic mass is 9.91. The van der Waals surface area contributed by atoms with Crippen LogP contribution in [0, 0.1) is 5.41 Å². The fourth-order valence-electron chi connectivity index (χ4n) is 2.51. The van der Waals surface area contributed by atoms with E-state index in [4.69, 9.17) is 28.4 Å². The van der Waals surface area contributed by atoms with Crippen molar-refractivity contribution in [1.29, 1.82) is 0 Å². The first kappa shape index (κ1) is 18.0. The van der Waals surface area contributed by atoms with Crippen molar-refractivity contribution in [3.63, 3.8) is 0 Å². The highest BCUT2D eigenvalue weighted by molar-refractivity contribution is 7.16. The van der Waals surface area contributed by atoms with Crippen molar-refractivity contribution < 1.29 is 38.0 Å². The third kappa shape index (κ3) is 3.31. The van der Waals surface area contributed by atoms with Crippen molar-refractivity contribution in [1.82, 2.24) is 0 Å². The van der Waals surface area contributed by atoms with Gasteiger partial charge in [-0.1, -0.05) is 0 Å². The third-order valence-corrected chi connectivity index (χ3v) is 5.17. The van der Waals surface area contributed by atoms with Crippen LogP contribution in [-0.2, 0) is 18.9 Å². The maximum Gasteiger partial charge on any atom is 0.352 e. The molecule has 9 heteroatoms. The molecular formula is C16H20O8S. The van der Waals surface area contributed by atoms with E-state index in [9.17, 15) is 9.59 Å². The molecular weight excluding hydrogens is 352 g/mol.